The zero-order chi connectivity index (χ0) is 36.0. The van der Waals surface area contributed by atoms with E-state index in [0.29, 0.717) is 19.5 Å². The largest absolute Gasteiger partial charge is 0.392 e. The monoisotopic (exact) mass is 692 g/mol. The molecule has 0 saturated carbocycles. The lowest BCUT2D eigenvalue weighted by molar-refractivity contribution is -0.275. The van der Waals surface area contributed by atoms with Gasteiger partial charge < -0.3 is 30.1 Å². The Morgan fingerprint density at radius 3 is 2.35 bits per heavy atom. The van der Waals surface area contributed by atoms with Crippen LogP contribution in [-0.2, 0) is 38.6 Å². The first-order chi connectivity index (χ1) is 24.8. The Labute approximate surface area is 302 Å². The van der Waals surface area contributed by atoms with E-state index < -0.39 is 6.29 Å². The molecule has 0 spiro atoms. The lowest BCUT2D eigenvalue weighted by atomic mass is 9.90. The molecule has 51 heavy (non-hydrogen) atoms. The molecule has 1 aliphatic heterocycles. The summed E-state index contributed by atoms with van der Waals surface area (Å²) in [6.07, 6.45) is 4.95. The zero-order valence-corrected chi connectivity index (χ0v) is 30.1. The number of nitrogens with zero attached hydrogens (tertiary/aromatic N) is 2. The molecule has 4 aromatic rings. The number of aliphatic hydroxyl groups excluding tert-OH is 1. The number of carbonyl (C=O) groups excluding carboxylic acids is 2. The van der Waals surface area contributed by atoms with E-state index in [4.69, 9.17) is 9.47 Å². The first-order valence-corrected chi connectivity index (χ1v) is 18.1. The van der Waals surface area contributed by atoms with E-state index in [1.54, 1.807) is 0 Å². The molecule has 9 heteroatoms. The fourth-order valence-electron chi connectivity index (χ4n) is 6.41. The second-order valence-corrected chi connectivity index (χ2v) is 13.5. The Morgan fingerprint density at radius 1 is 0.843 bits per heavy atom. The third-order valence-corrected chi connectivity index (χ3v) is 9.48. The number of carbonyl (C=O) groups is 2. The van der Waals surface area contributed by atoms with E-state index in [0.717, 1.165) is 77.8 Å². The second-order valence-electron chi connectivity index (χ2n) is 13.5. The van der Waals surface area contributed by atoms with Crippen molar-refractivity contribution in [3.8, 4) is 11.1 Å². The fraction of sp³-hybridized carbons (Fsp3) is 0.405. The molecule has 1 fully saturated rings. The molecule has 4 unspecified atom stereocenters. The van der Waals surface area contributed by atoms with Gasteiger partial charge in [-0.2, -0.15) is 0 Å². The number of benzene rings is 3. The van der Waals surface area contributed by atoms with Crippen molar-refractivity contribution in [3.05, 3.63) is 125 Å². The molecular formula is C42H52N4O5. The molecule has 9 nitrogen and oxygen atoms in total. The molecule has 3 aromatic carbocycles. The van der Waals surface area contributed by atoms with Gasteiger partial charge in [0, 0.05) is 69.3 Å². The van der Waals surface area contributed by atoms with Crippen LogP contribution >= 0.6 is 0 Å². The number of nitrogens with one attached hydrogen (secondary N) is 2. The molecule has 2 amide bonds. The Hall–Kier alpha value is -4.41. The van der Waals surface area contributed by atoms with E-state index in [1.807, 2.05) is 54.7 Å². The zero-order valence-electron chi connectivity index (χ0n) is 30.1. The highest BCUT2D eigenvalue weighted by Crippen LogP contribution is 2.42. The highest BCUT2D eigenvalue weighted by molar-refractivity contribution is 5.76. The maximum Gasteiger partial charge on any atom is 0.220 e. The van der Waals surface area contributed by atoms with E-state index >= 15 is 0 Å². The van der Waals surface area contributed by atoms with Crippen molar-refractivity contribution in [2.24, 2.45) is 5.92 Å². The summed E-state index contributed by atoms with van der Waals surface area (Å²) in [5, 5.41) is 15.4. The number of rotatable bonds is 17. The fourth-order valence-corrected chi connectivity index (χ4v) is 6.41. The van der Waals surface area contributed by atoms with Crippen LogP contribution in [0.4, 0.5) is 0 Å². The van der Waals surface area contributed by atoms with Crippen molar-refractivity contribution in [3.63, 3.8) is 0 Å². The first-order valence-electron chi connectivity index (χ1n) is 18.1. The predicted molar refractivity (Wildman–Crippen MR) is 199 cm³/mol. The van der Waals surface area contributed by atoms with E-state index in [1.165, 1.54) is 6.92 Å². The average Bonchev–Trinajstić information content (AvgIpc) is 3.16. The van der Waals surface area contributed by atoms with E-state index in [-0.39, 0.29) is 36.5 Å². The molecule has 0 bridgehead atoms. The highest BCUT2D eigenvalue weighted by Gasteiger charge is 2.38. The van der Waals surface area contributed by atoms with Gasteiger partial charge in [0.1, 0.15) is 0 Å². The van der Waals surface area contributed by atoms with Gasteiger partial charge in [0.05, 0.1) is 18.8 Å². The van der Waals surface area contributed by atoms with Crippen LogP contribution in [0.2, 0.25) is 0 Å². The van der Waals surface area contributed by atoms with Crippen LogP contribution in [0.5, 0.6) is 0 Å². The standard InChI is InChI=1S/C42H52N4O5/c1-30-39(28-46(3)25-22-38-12-6-8-24-44-38)50-42(51-41(30)35-16-14-32(29-47)15-17-35)36-20-18-34(19-21-36)37-11-9-10-33(26-37)27-45-40(49)13-5-4-7-23-43-31(2)48/h6,8-12,14-21,24,26,30,39,41-42,47H,4-5,7,13,22-23,25,27-29H2,1-3H3,(H,43,48)(H,45,49). The number of ether oxygens (including phenoxy) is 2. The van der Waals surface area contributed by atoms with Gasteiger partial charge in [0.15, 0.2) is 6.29 Å². The highest BCUT2D eigenvalue weighted by atomic mass is 16.7. The van der Waals surface area contributed by atoms with Crippen LogP contribution in [0, 0.1) is 5.92 Å². The van der Waals surface area contributed by atoms with Crippen molar-refractivity contribution >= 4 is 11.8 Å². The SMILES string of the molecule is CC(=O)NCCCCCC(=O)NCc1cccc(-c2ccc(C3OC(CN(C)CCc4ccccn4)C(C)C(c4ccc(CO)cc4)O3)cc2)c1. The van der Waals surface area contributed by atoms with Crippen molar-refractivity contribution < 1.29 is 24.2 Å². The van der Waals surface area contributed by atoms with Crippen molar-refractivity contribution in [2.45, 2.75) is 77.6 Å². The van der Waals surface area contributed by atoms with Gasteiger partial charge in [0.2, 0.25) is 11.8 Å². The van der Waals surface area contributed by atoms with Crippen molar-refractivity contribution in [1.82, 2.24) is 20.5 Å². The topological polar surface area (TPSA) is 113 Å². The summed E-state index contributed by atoms with van der Waals surface area (Å²) < 4.78 is 13.4. The molecule has 2 heterocycles. The van der Waals surface area contributed by atoms with Crippen LogP contribution in [0.15, 0.2) is 97.2 Å². The summed E-state index contributed by atoms with van der Waals surface area (Å²) in [4.78, 5) is 30.2. The van der Waals surface area contributed by atoms with Crippen LogP contribution in [0.25, 0.3) is 11.1 Å². The van der Waals surface area contributed by atoms with Gasteiger partial charge in [-0.25, -0.2) is 0 Å². The Kier molecular flexibility index (Phi) is 14.3. The van der Waals surface area contributed by atoms with Gasteiger partial charge in [-0.1, -0.05) is 86.1 Å². The summed E-state index contributed by atoms with van der Waals surface area (Å²) in [6.45, 7) is 6.44. The summed E-state index contributed by atoms with van der Waals surface area (Å²) >= 11 is 0. The Morgan fingerprint density at radius 2 is 1.63 bits per heavy atom. The third kappa shape index (κ3) is 11.6. The van der Waals surface area contributed by atoms with E-state index in [2.05, 4.69) is 77.0 Å². The quantitative estimate of drug-likeness (QED) is 0.108. The molecule has 4 atom stereocenters. The molecular weight excluding hydrogens is 640 g/mol. The molecule has 1 saturated heterocycles. The maximum absolute atomic E-state index is 12.4. The Bertz CT molecular complexity index is 1670. The maximum atomic E-state index is 12.4. The third-order valence-electron chi connectivity index (χ3n) is 9.48. The molecule has 0 aliphatic carbocycles. The normalized spacial score (nSPS) is 18.8. The smallest absolute Gasteiger partial charge is 0.220 e. The molecule has 1 aliphatic rings. The van der Waals surface area contributed by atoms with Crippen molar-refractivity contribution in [2.75, 3.05) is 26.7 Å². The van der Waals surface area contributed by atoms with Gasteiger partial charge in [-0.15, -0.1) is 0 Å². The van der Waals surface area contributed by atoms with Gasteiger partial charge in [-0.05, 0) is 65.9 Å². The lowest BCUT2D eigenvalue weighted by Crippen LogP contribution is -2.43. The molecule has 3 N–H and O–H groups in total. The molecule has 5 rings (SSSR count). The van der Waals surface area contributed by atoms with Crippen LogP contribution in [0.1, 0.15) is 79.9 Å². The number of aliphatic hydroxyl groups is 1. The van der Waals surface area contributed by atoms with Crippen LogP contribution in [0.3, 0.4) is 0 Å². The summed E-state index contributed by atoms with van der Waals surface area (Å²) in [6, 6.07) is 30.6. The minimum Gasteiger partial charge on any atom is -0.392 e. The Balaban J connectivity index is 1.22. The summed E-state index contributed by atoms with van der Waals surface area (Å²) in [5.74, 6) is 0.104. The summed E-state index contributed by atoms with van der Waals surface area (Å²) in [5.41, 5.74) is 7.13. The number of amides is 2. The van der Waals surface area contributed by atoms with Crippen molar-refractivity contribution in [1.29, 1.82) is 0 Å². The van der Waals surface area contributed by atoms with Crippen LogP contribution < -0.4 is 10.6 Å². The molecule has 1 aromatic heterocycles. The van der Waals surface area contributed by atoms with Crippen LogP contribution in [-0.4, -0.2) is 59.6 Å². The number of hydrogen-bond donors (Lipinski definition) is 3. The van der Waals surface area contributed by atoms with Gasteiger partial charge >= 0.3 is 0 Å². The molecule has 270 valence electrons. The van der Waals surface area contributed by atoms with E-state index in [9.17, 15) is 14.7 Å². The lowest BCUT2D eigenvalue weighted by Gasteiger charge is -2.42. The predicted octanol–water partition coefficient (Wildman–Crippen LogP) is 6.52. The summed E-state index contributed by atoms with van der Waals surface area (Å²) in [7, 11) is 2.13. The minimum absolute atomic E-state index is 0.00368. The van der Waals surface area contributed by atoms with Gasteiger partial charge in [0.25, 0.3) is 0 Å². The first kappa shape index (κ1) is 37.8. The number of aromatic nitrogens is 1. The average molecular weight is 693 g/mol. The number of unbranched alkanes of at least 4 members (excludes halogenated alkanes) is 2. The minimum atomic E-state index is -0.543. The van der Waals surface area contributed by atoms with Gasteiger partial charge in [-0.3, -0.25) is 14.6 Å². The number of pyridine rings is 1. The number of hydrogen-bond acceptors (Lipinski definition) is 7. The second kappa shape index (κ2) is 19.3. The number of likely N-dealkylation sites (N-methyl/N-ethyl adjacent to an activating group) is 1. The molecule has 0 radical (unpaired) electrons.